The minimum atomic E-state index is -0.201. The van der Waals surface area contributed by atoms with Crippen LogP contribution in [-0.2, 0) is 0 Å². The molecular formula is C21H19NO3. The van der Waals surface area contributed by atoms with Crippen LogP contribution in [0.4, 0.5) is 0 Å². The number of benzene rings is 3. The third kappa shape index (κ3) is 2.70. The van der Waals surface area contributed by atoms with E-state index in [1.54, 1.807) is 0 Å². The molecule has 0 aromatic heterocycles. The summed E-state index contributed by atoms with van der Waals surface area (Å²) in [5.74, 6) is -0.442. The van der Waals surface area contributed by atoms with Crippen molar-refractivity contribution in [3.05, 3.63) is 71.8 Å². The highest BCUT2D eigenvalue weighted by Crippen LogP contribution is 2.37. The van der Waals surface area contributed by atoms with Crippen molar-refractivity contribution in [1.29, 1.82) is 0 Å². The third-order valence-electron chi connectivity index (χ3n) is 4.91. The lowest BCUT2D eigenvalue weighted by molar-refractivity contribution is 0.0733. The van der Waals surface area contributed by atoms with Gasteiger partial charge in [0.25, 0.3) is 5.91 Å². The maximum absolute atomic E-state index is 13.0. The Labute approximate surface area is 145 Å². The molecule has 1 amide bonds. The number of hydrogen-bond donors (Lipinski definition) is 2. The molecule has 1 heterocycles. The number of fused-ring (bicyclic) bond motifs is 1. The van der Waals surface area contributed by atoms with Crippen LogP contribution < -0.4 is 0 Å². The second kappa shape index (κ2) is 6.13. The van der Waals surface area contributed by atoms with Gasteiger partial charge in [0.1, 0.15) is 11.5 Å². The largest absolute Gasteiger partial charge is 0.508 e. The summed E-state index contributed by atoms with van der Waals surface area (Å²) in [6.07, 6.45) is 1.83. The number of phenols is 2. The molecule has 4 rings (SSSR count). The number of nitrogens with zero attached hydrogens (tertiary/aromatic N) is 1. The third-order valence-corrected chi connectivity index (χ3v) is 4.91. The van der Waals surface area contributed by atoms with Gasteiger partial charge in [-0.05, 0) is 41.3 Å². The first-order valence-electron chi connectivity index (χ1n) is 8.46. The lowest BCUT2D eigenvalue weighted by Crippen LogP contribution is -2.30. The Morgan fingerprint density at radius 3 is 2.64 bits per heavy atom. The number of rotatable bonds is 2. The second-order valence-corrected chi connectivity index (χ2v) is 6.43. The quantitative estimate of drug-likeness (QED) is 0.738. The molecule has 0 aliphatic carbocycles. The van der Waals surface area contributed by atoms with Gasteiger partial charge >= 0.3 is 0 Å². The number of carbonyl (C=O) groups excluding carboxylic acids is 1. The summed E-state index contributed by atoms with van der Waals surface area (Å²) in [4.78, 5) is 14.8. The van der Waals surface area contributed by atoms with Gasteiger partial charge in [0.2, 0.25) is 0 Å². The minimum absolute atomic E-state index is 0.00759. The van der Waals surface area contributed by atoms with E-state index in [2.05, 4.69) is 24.3 Å². The SMILES string of the molecule is O=C(c1ccc(O)cc1O)N1CCCC1c1cccc2ccccc12. The number of amides is 1. The molecule has 3 aromatic carbocycles. The Kier molecular flexibility index (Phi) is 3.80. The van der Waals surface area contributed by atoms with Gasteiger partial charge in [0.05, 0.1) is 11.6 Å². The van der Waals surface area contributed by atoms with Gasteiger partial charge in [-0.15, -0.1) is 0 Å². The maximum atomic E-state index is 13.0. The molecule has 2 N–H and O–H groups in total. The van der Waals surface area contributed by atoms with Gasteiger partial charge in [-0.3, -0.25) is 4.79 Å². The van der Waals surface area contributed by atoms with Crippen molar-refractivity contribution < 1.29 is 15.0 Å². The minimum Gasteiger partial charge on any atom is -0.508 e. The van der Waals surface area contributed by atoms with E-state index in [0.717, 1.165) is 29.2 Å². The van der Waals surface area contributed by atoms with E-state index in [4.69, 9.17) is 0 Å². The molecule has 1 atom stereocenters. The lowest BCUT2D eigenvalue weighted by Gasteiger charge is -2.26. The van der Waals surface area contributed by atoms with E-state index in [1.165, 1.54) is 18.2 Å². The van der Waals surface area contributed by atoms with E-state index in [9.17, 15) is 15.0 Å². The molecule has 1 unspecified atom stereocenters. The zero-order chi connectivity index (χ0) is 17.4. The number of carbonyl (C=O) groups is 1. The van der Waals surface area contributed by atoms with Crippen molar-refractivity contribution in [1.82, 2.24) is 4.90 Å². The molecule has 4 heteroatoms. The van der Waals surface area contributed by atoms with Crippen LogP contribution in [0.15, 0.2) is 60.7 Å². The highest BCUT2D eigenvalue weighted by atomic mass is 16.3. The van der Waals surface area contributed by atoms with E-state index < -0.39 is 0 Å². The van der Waals surface area contributed by atoms with Crippen LogP contribution in [0.1, 0.15) is 34.8 Å². The fourth-order valence-corrected chi connectivity index (χ4v) is 3.73. The average molecular weight is 333 g/mol. The molecule has 4 nitrogen and oxygen atoms in total. The van der Waals surface area contributed by atoms with Crippen LogP contribution in [0, 0.1) is 0 Å². The summed E-state index contributed by atoms with van der Waals surface area (Å²) in [6.45, 7) is 0.660. The monoisotopic (exact) mass is 333 g/mol. The lowest BCUT2D eigenvalue weighted by atomic mass is 9.97. The van der Waals surface area contributed by atoms with Crippen molar-refractivity contribution in [2.24, 2.45) is 0 Å². The first-order chi connectivity index (χ1) is 12.1. The Morgan fingerprint density at radius 2 is 1.80 bits per heavy atom. The fourth-order valence-electron chi connectivity index (χ4n) is 3.73. The van der Waals surface area contributed by atoms with Gasteiger partial charge in [0, 0.05) is 12.6 Å². The summed E-state index contributed by atoms with van der Waals surface area (Å²) < 4.78 is 0. The summed E-state index contributed by atoms with van der Waals surface area (Å²) in [5.41, 5.74) is 1.37. The Hall–Kier alpha value is -3.01. The van der Waals surface area contributed by atoms with Crippen molar-refractivity contribution in [2.75, 3.05) is 6.54 Å². The van der Waals surface area contributed by atoms with Crippen LogP contribution in [0.5, 0.6) is 11.5 Å². The summed E-state index contributed by atoms with van der Waals surface area (Å²) in [6, 6.07) is 18.5. The number of hydrogen-bond acceptors (Lipinski definition) is 3. The van der Waals surface area contributed by atoms with E-state index >= 15 is 0 Å². The molecule has 0 saturated carbocycles. The topological polar surface area (TPSA) is 60.8 Å². The summed E-state index contributed by atoms with van der Waals surface area (Å²) in [5, 5.41) is 21.8. The van der Waals surface area contributed by atoms with E-state index in [1.807, 2.05) is 23.1 Å². The van der Waals surface area contributed by atoms with Crippen LogP contribution in [-0.4, -0.2) is 27.6 Å². The van der Waals surface area contributed by atoms with Gasteiger partial charge in [-0.25, -0.2) is 0 Å². The fraction of sp³-hybridized carbons (Fsp3) is 0.190. The molecule has 1 aliphatic heterocycles. The number of aromatic hydroxyl groups is 2. The second-order valence-electron chi connectivity index (χ2n) is 6.43. The highest BCUT2D eigenvalue weighted by molar-refractivity contribution is 5.98. The highest BCUT2D eigenvalue weighted by Gasteiger charge is 2.32. The molecule has 126 valence electrons. The zero-order valence-corrected chi connectivity index (χ0v) is 13.7. The molecule has 1 aliphatic rings. The molecule has 25 heavy (non-hydrogen) atoms. The van der Waals surface area contributed by atoms with Gasteiger partial charge in [0.15, 0.2) is 0 Å². The average Bonchev–Trinajstić information content (AvgIpc) is 3.10. The Bertz CT molecular complexity index is 946. The van der Waals surface area contributed by atoms with Crippen molar-refractivity contribution >= 4 is 16.7 Å². The summed E-state index contributed by atoms with van der Waals surface area (Å²) in [7, 11) is 0. The predicted octanol–water partition coefficient (Wildman–Crippen LogP) is 4.23. The number of likely N-dealkylation sites (tertiary alicyclic amines) is 1. The molecule has 1 saturated heterocycles. The predicted molar refractivity (Wildman–Crippen MR) is 96.7 cm³/mol. The molecule has 0 spiro atoms. The van der Waals surface area contributed by atoms with Crippen molar-refractivity contribution in [3.8, 4) is 11.5 Å². The molecule has 0 bridgehead atoms. The molecular weight excluding hydrogens is 314 g/mol. The standard InChI is InChI=1S/C21H19NO3/c23-15-10-11-18(20(24)13-15)21(25)22-12-4-9-19(22)17-8-3-6-14-5-1-2-7-16(14)17/h1-3,5-8,10-11,13,19,23-24H,4,9,12H2. The Morgan fingerprint density at radius 1 is 1.00 bits per heavy atom. The van der Waals surface area contributed by atoms with Crippen LogP contribution in [0.2, 0.25) is 0 Å². The van der Waals surface area contributed by atoms with Crippen molar-refractivity contribution in [2.45, 2.75) is 18.9 Å². The smallest absolute Gasteiger partial charge is 0.258 e. The summed E-state index contributed by atoms with van der Waals surface area (Å²) >= 11 is 0. The van der Waals surface area contributed by atoms with Crippen LogP contribution >= 0.6 is 0 Å². The maximum Gasteiger partial charge on any atom is 0.258 e. The van der Waals surface area contributed by atoms with Gasteiger partial charge < -0.3 is 15.1 Å². The first kappa shape index (κ1) is 15.5. The first-order valence-corrected chi connectivity index (χ1v) is 8.46. The van der Waals surface area contributed by atoms with Gasteiger partial charge in [-0.2, -0.15) is 0 Å². The Balaban J connectivity index is 1.74. The van der Waals surface area contributed by atoms with Crippen molar-refractivity contribution in [3.63, 3.8) is 0 Å². The molecule has 1 fully saturated rings. The normalized spacial score (nSPS) is 17.1. The van der Waals surface area contributed by atoms with Gasteiger partial charge in [-0.1, -0.05) is 42.5 Å². The van der Waals surface area contributed by atoms with Crippen LogP contribution in [0.3, 0.4) is 0 Å². The van der Waals surface area contributed by atoms with Crippen LogP contribution in [0.25, 0.3) is 10.8 Å². The molecule has 3 aromatic rings. The zero-order valence-electron chi connectivity index (χ0n) is 13.7. The van der Waals surface area contributed by atoms with E-state index in [-0.39, 0.29) is 29.0 Å². The number of phenolic OH excluding ortho intramolecular Hbond substituents is 2. The molecule has 0 radical (unpaired) electrons. The van der Waals surface area contributed by atoms with E-state index in [0.29, 0.717) is 6.54 Å².